The van der Waals surface area contributed by atoms with Gasteiger partial charge in [0.2, 0.25) is 0 Å². The van der Waals surface area contributed by atoms with Crippen molar-refractivity contribution in [1.29, 1.82) is 0 Å². The van der Waals surface area contributed by atoms with E-state index in [0.717, 1.165) is 12.8 Å². The van der Waals surface area contributed by atoms with Crippen LogP contribution in [-0.4, -0.2) is 18.5 Å². The van der Waals surface area contributed by atoms with Crippen molar-refractivity contribution in [2.75, 3.05) is 6.54 Å². The predicted molar refractivity (Wildman–Crippen MR) is 54.6 cm³/mol. The number of rotatable bonds is 3. The molecule has 0 amide bonds. The average molecular weight is 205 g/mol. The van der Waals surface area contributed by atoms with E-state index >= 15 is 0 Å². The van der Waals surface area contributed by atoms with Gasteiger partial charge in [-0.15, -0.1) is 0 Å². The van der Waals surface area contributed by atoms with Crippen molar-refractivity contribution in [1.82, 2.24) is 5.32 Å². The standard InChI is InChI=1S/C11H21F2N/c1-4-14-11(10(12)13)7-8(2)5-6-9(11)3/h8-10,14H,4-7H2,1-3H3. The molecule has 14 heavy (non-hydrogen) atoms. The Balaban J connectivity index is 2.80. The molecule has 0 aliphatic heterocycles. The molecule has 1 fully saturated rings. The quantitative estimate of drug-likeness (QED) is 0.746. The van der Waals surface area contributed by atoms with Crippen molar-refractivity contribution in [3.8, 4) is 0 Å². The third kappa shape index (κ3) is 2.08. The SMILES string of the molecule is CCNC1(C(F)F)CC(C)CCC1C. The molecular weight excluding hydrogens is 184 g/mol. The molecule has 1 aliphatic rings. The summed E-state index contributed by atoms with van der Waals surface area (Å²) < 4.78 is 26.2. The molecule has 0 saturated heterocycles. The maximum atomic E-state index is 13.1. The van der Waals surface area contributed by atoms with Gasteiger partial charge in [0.25, 0.3) is 6.43 Å². The Hall–Kier alpha value is -0.180. The molecule has 0 spiro atoms. The van der Waals surface area contributed by atoms with Crippen molar-refractivity contribution < 1.29 is 8.78 Å². The third-order valence-corrected chi connectivity index (χ3v) is 3.55. The maximum absolute atomic E-state index is 13.1. The van der Waals surface area contributed by atoms with Crippen LogP contribution in [0.15, 0.2) is 0 Å². The van der Waals surface area contributed by atoms with Crippen LogP contribution in [0.4, 0.5) is 8.78 Å². The normalized spacial score (nSPS) is 39.0. The zero-order valence-electron chi connectivity index (χ0n) is 9.32. The van der Waals surface area contributed by atoms with Gasteiger partial charge < -0.3 is 5.32 Å². The first-order valence-corrected chi connectivity index (χ1v) is 5.56. The minimum absolute atomic E-state index is 0.0821. The highest BCUT2D eigenvalue weighted by Gasteiger charge is 2.47. The fourth-order valence-electron chi connectivity index (χ4n) is 2.63. The molecule has 0 aromatic heterocycles. The monoisotopic (exact) mass is 205 g/mol. The van der Waals surface area contributed by atoms with Crippen LogP contribution in [0.5, 0.6) is 0 Å². The summed E-state index contributed by atoms with van der Waals surface area (Å²) in [6.07, 6.45) is 0.361. The Bertz CT molecular complexity index is 184. The topological polar surface area (TPSA) is 12.0 Å². The molecule has 84 valence electrons. The molecule has 3 heteroatoms. The van der Waals surface area contributed by atoms with Gasteiger partial charge in [0.1, 0.15) is 0 Å². The smallest absolute Gasteiger partial charge is 0.256 e. The summed E-state index contributed by atoms with van der Waals surface area (Å²) in [5.74, 6) is 0.498. The van der Waals surface area contributed by atoms with Gasteiger partial charge in [-0.05, 0) is 31.2 Å². The van der Waals surface area contributed by atoms with Gasteiger partial charge in [0, 0.05) is 0 Å². The van der Waals surface area contributed by atoms with Gasteiger partial charge in [-0.1, -0.05) is 27.2 Å². The van der Waals surface area contributed by atoms with E-state index in [4.69, 9.17) is 0 Å². The van der Waals surface area contributed by atoms with Crippen molar-refractivity contribution in [2.24, 2.45) is 11.8 Å². The molecule has 1 rings (SSSR count). The van der Waals surface area contributed by atoms with Gasteiger partial charge >= 0.3 is 0 Å². The second kappa shape index (κ2) is 4.56. The Morgan fingerprint density at radius 3 is 2.50 bits per heavy atom. The van der Waals surface area contributed by atoms with Crippen LogP contribution in [-0.2, 0) is 0 Å². The summed E-state index contributed by atoms with van der Waals surface area (Å²) in [6.45, 7) is 6.54. The first-order valence-electron chi connectivity index (χ1n) is 5.56. The Morgan fingerprint density at radius 2 is 2.00 bits per heavy atom. The zero-order chi connectivity index (χ0) is 10.8. The number of nitrogens with one attached hydrogen (secondary N) is 1. The van der Waals surface area contributed by atoms with E-state index in [1.165, 1.54) is 0 Å². The van der Waals surface area contributed by atoms with E-state index in [-0.39, 0.29) is 5.92 Å². The summed E-state index contributed by atoms with van der Waals surface area (Å²) in [5, 5.41) is 3.03. The van der Waals surface area contributed by atoms with Crippen molar-refractivity contribution in [3.05, 3.63) is 0 Å². The first-order chi connectivity index (χ1) is 6.53. The van der Waals surface area contributed by atoms with E-state index in [1.54, 1.807) is 0 Å². The molecule has 1 saturated carbocycles. The first kappa shape index (κ1) is 11.9. The summed E-state index contributed by atoms with van der Waals surface area (Å²) in [7, 11) is 0. The number of halogens is 2. The second-order valence-electron chi connectivity index (χ2n) is 4.66. The fourth-order valence-corrected chi connectivity index (χ4v) is 2.63. The second-order valence-corrected chi connectivity index (χ2v) is 4.66. The summed E-state index contributed by atoms with van der Waals surface area (Å²) in [5.41, 5.74) is -0.924. The van der Waals surface area contributed by atoms with Gasteiger partial charge in [0.05, 0.1) is 5.54 Å². The van der Waals surface area contributed by atoms with Crippen LogP contribution < -0.4 is 5.32 Å². The van der Waals surface area contributed by atoms with Crippen LogP contribution in [0.25, 0.3) is 0 Å². The maximum Gasteiger partial charge on any atom is 0.256 e. The van der Waals surface area contributed by atoms with Crippen LogP contribution in [0.1, 0.15) is 40.0 Å². The largest absolute Gasteiger partial charge is 0.306 e. The lowest BCUT2D eigenvalue weighted by Gasteiger charge is -2.45. The van der Waals surface area contributed by atoms with E-state index < -0.39 is 12.0 Å². The molecule has 1 nitrogen and oxygen atoms in total. The molecule has 3 atom stereocenters. The number of hydrogen-bond acceptors (Lipinski definition) is 1. The summed E-state index contributed by atoms with van der Waals surface area (Å²) in [4.78, 5) is 0. The van der Waals surface area contributed by atoms with E-state index in [1.807, 2.05) is 13.8 Å². The van der Waals surface area contributed by atoms with Crippen molar-refractivity contribution >= 4 is 0 Å². The summed E-state index contributed by atoms with van der Waals surface area (Å²) in [6, 6.07) is 0. The molecule has 1 N–H and O–H groups in total. The van der Waals surface area contributed by atoms with Crippen molar-refractivity contribution in [3.63, 3.8) is 0 Å². The van der Waals surface area contributed by atoms with E-state index in [2.05, 4.69) is 12.2 Å². The highest BCUT2D eigenvalue weighted by atomic mass is 19.3. The Labute approximate surface area is 85.3 Å². The van der Waals surface area contributed by atoms with Crippen LogP contribution in [0.3, 0.4) is 0 Å². The molecular formula is C11H21F2N. The number of alkyl halides is 2. The minimum Gasteiger partial charge on any atom is -0.306 e. The van der Waals surface area contributed by atoms with Gasteiger partial charge in [-0.3, -0.25) is 0 Å². The molecule has 0 aromatic rings. The third-order valence-electron chi connectivity index (χ3n) is 3.55. The molecule has 1 aliphatic carbocycles. The zero-order valence-corrected chi connectivity index (χ0v) is 9.32. The lowest BCUT2D eigenvalue weighted by atomic mass is 9.70. The molecule has 0 aromatic carbocycles. The summed E-state index contributed by atoms with van der Waals surface area (Å²) >= 11 is 0. The average Bonchev–Trinajstić information content (AvgIpc) is 2.11. The molecule has 0 heterocycles. The minimum atomic E-state index is -2.25. The highest BCUT2D eigenvalue weighted by Crippen LogP contribution is 2.40. The highest BCUT2D eigenvalue weighted by molar-refractivity contribution is 4.99. The van der Waals surface area contributed by atoms with Crippen LogP contribution in [0, 0.1) is 11.8 Å². The lowest BCUT2D eigenvalue weighted by molar-refractivity contribution is -0.0355. The van der Waals surface area contributed by atoms with Crippen molar-refractivity contribution in [2.45, 2.75) is 52.0 Å². The lowest BCUT2D eigenvalue weighted by Crippen LogP contribution is -2.58. The Kier molecular flexibility index (Phi) is 3.87. The molecule has 3 unspecified atom stereocenters. The number of hydrogen-bond donors (Lipinski definition) is 1. The molecule has 0 bridgehead atoms. The van der Waals surface area contributed by atoms with Gasteiger partial charge in [-0.25, -0.2) is 8.78 Å². The van der Waals surface area contributed by atoms with E-state index in [9.17, 15) is 8.78 Å². The van der Waals surface area contributed by atoms with E-state index in [0.29, 0.717) is 18.9 Å². The molecule has 0 radical (unpaired) electrons. The van der Waals surface area contributed by atoms with Gasteiger partial charge in [-0.2, -0.15) is 0 Å². The van der Waals surface area contributed by atoms with Gasteiger partial charge in [0.15, 0.2) is 0 Å². The Morgan fingerprint density at radius 1 is 1.36 bits per heavy atom. The van der Waals surface area contributed by atoms with Crippen LogP contribution in [0.2, 0.25) is 0 Å². The fraction of sp³-hybridized carbons (Fsp3) is 1.00. The van der Waals surface area contributed by atoms with Crippen LogP contribution >= 0.6 is 0 Å². The predicted octanol–water partition coefficient (Wildman–Crippen LogP) is 3.06.